The van der Waals surface area contributed by atoms with Crippen LogP contribution in [-0.4, -0.2) is 105 Å². The molecule has 10 nitrogen and oxygen atoms in total. The highest BCUT2D eigenvalue weighted by atomic mass is 16.7. The molecule has 0 saturated carbocycles. The maximum Gasteiger partial charge on any atom is 0.187 e. The molecule has 2 fully saturated rings. The Labute approximate surface area is 139 Å². The zero-order valence-corrected chi connectivity index (χ0v) is 13.7. The fourth-order valence-corrected chi connectivity index (χ4v) is 2.95. The molecule has 24 heavy (non-hydrogen) atoms. The van der Waals surface area contributed by atoms with Gasteiger partial charge in [-0.3, -0.25) is 0 Å². The van der Waals surface area contributed by atoms with Gasteiger partial charge >= 0.3 is 0 Å². The highest BCUT2D eigenvalue weighted by Gasteiger charge is 2.54. The Kier molecular flexibility index (Phi) is 6.19. The minimum atomic E-state index is -1.89. The van der Waals surface area contributed by atoms with Gasteiger partial charge in [0, 0.05) is 7.11 Å². The second-order valence-corrected chi connectivity index (χ2v) is 6.36. The standard InChI is InChI=1S/C14H26O10/c1-5-10(7(16)8(17)12(21-3)22-5)24-13-9(18)11(19)14(2,20)6(4-15)23-13/h5-13,15-20H,4H2,1-3H3/t5?,6?,7?,8?,9?,10-,11?,12+,13-,14-/m1/s1. The summed E-state index contributed by atoms with van der Waals surface area (Å²) in [5.74, 6) is 0. The number of hydrogen-bond donors (Lipinski definition) is 6. The number of methoxy groups -OCH3 is 1. The number of hydrogen-bond acceptors (Lipinski definition) is 10. The quantitative estimate of drug-likeness (QED) is 0.302. The molecule has 2 saturated heterocycles. The fraction of sp³-hybridized carbons (Fsp3) is 1.00. The van der Waals surface area contributed by atoms with E-state index in [9.17, 15) is 30.6 Å². The van der Waals surface area contributed by atoms with Gasteiger partial charge < -0.3 is 49.6 Å². The van der Waals surface area contributed by atoms with Crippen LogP contribution in [0.25, 0.3) is 0 Å². The van der Waals surface area contributed by atoms with E-state index in [0.29, 0.717) is 0 Å². The Hall–Kier alpha value is -0.400. The molecule has 0 aromatic heterocycles. The summed E-state index contributed by atoms with van der Waals surface area (Å²) >= 11 is 0. The van der Waals surface area contributed by atoms with Gasteiger partial charge in [0.05, 0.1) is 12.7 Å². The first-order chi connectivity index (χ1) is 11.1. The molecule has 142 valence electrons. The third kappa shape index (κ3) is 3.44. The minimum absolute atomic E-state index is 0.621. The molecule has 0 amide bonds. The molecule has 0 radical (unpaired) electrons. The van der Waals surface area contributed by atoms with Gasteiger partial charge in [-0.2, -0.15) is 0 Å². The van der Waals surface area contributed by atoms with E-state index >= 15 is 0 Å². The predicted molar refractivity (Wildman–Crippen MR) is 76.6 cm³/mol. The van der Waals surface area contributed by atoms with Crippen LogP contribution in [0, 0.1) is 0 Å². The topological polar surface area (TPSA) is 158 Å². The van der Waals surface area contributed by atoms with Crippen molar-refractivity contribution < 1.29 is 49.6 Å². The van der Waals surface area contributed by atoms with E-state index in [1.165, 1.54) is 14.0 Å². The van der Waals surface area contributed by atoms with Crippen molar-refractivity contribution in [3.8, 4) is 0 Å². The summed E-state index contributed by atoms with van der Waals surface area (Å²) in [5, 5.41) is 59.7. The Morgan fingerprint density at radius 3 is 2.17 bits per heavy atom. The Morgan fingerprint density at radius 1 is 1.00 bits per heavy atom. The van der Waals surface area contributed by atoms with Gasteiger partial charge in [0.1, 0.15) is 42.2 Å². The Morgan fingerprint density at radius 2 is 1.62 bits per heavy atom. The SMILES string of the molecule is CO[C@H]1OC(C)[C@@H](O[C@H]2OC(CO)[C@@](C)(O)C(O)C2O)C(O)C1O. The van der Waals surface area contributed by atoms with E-state index in [1.807, 2.05) is 0 Å². The molecule has 10 heteroatoms. The van der Waals surface area contributed by atoms with Crippen molar-refractivity contribution in [3.63, 3.8) is 0 Å². The van der Waals surface area contributed by atoms with Crippen molar-refractivity contribution in [3.05, 3.63) is 0 Å². The first kappa shape index (κ1) is 19.9. The average Bonchev–Trinajstić information content (AvgIpc) is 2.54. The van der Waals surface area contributed by atoms with Crippen LogP contribution < -0.4 is 0 Å². The number of rotatable bonds is 4. The molecule has 0 aromatic carbocycles. The van der Waals surface area contributed by atoms with Crippen LogP contribution in [0.3, 0.4) is 0 Å². The van der Waals surface area contributed by atoms with E-state index < -0.39 is 67.5 Å². The van der Waals surface area contributed by atoms with Crippen molar-refractivity contribution >= 4 is 0 Å². The molecule has 2 rings (SSSR count). The lowest BCUT2D eigenvalue weighted by Crippen LogP contribution is -2.67. The van der Waals surface area contributed by atoms with Gasteiger partial charge in [-0.25, -0.2) is 0 Å². The minimum Gasteiger partial charge on any atom is -0.394 e. The third-order valence-corrected chi connectivity index (χ3v) is 4.62. The Balaban J connectivity index is 2.12. The smallest absolute Gasteiger partial charge is 0.187 e. The zero-order valence-electron chi connectivity index (χ0n) is 13.7. The van der Waals surface area contributed by atoms with Gasteiger partial charge in [-0.15, -0.1) is 0 Å². The van der Waals surface area contributed by atoms with E-state index in [-0.39, 0.29) is 0 Å². The van der Waals surface area contributed by atoms with Crippen molar-refractivity contribution in [2.75, 3.05) is 13.7 Å². The summed E-state index contributed by atoms with van der Waals surface area (Å²) in [5.41, 5.74) is -1.89. The summed E-state index contributed by atoms with van der Waals surface area (Å²) in [6.45, 7) is 2.16. The van der Waals surface area contributed by atoms with Crippen molar-refractivity contribution in [1.29, 1.82) is 0 Å². The summed E-state index contributed by atoms with van der Waals surface area (Å²) in [6.07, 6.45) is -11.6. The summed E-state index contributed by atoms with van der Waals surface area (Å²) < 4.78 is 21.1. The number of aliphatic hydroxyl groups is 6. The normalized spacial score (nSPS) is 53.1. The van der Waals surface area contributed by atoms with Gasteiger partial charge in [0.2, 0.25) is 0 Å². The molecule has 0 bridgehead atoms. The molecule has 0 aliphatic carbocycles. The highest BCUT2D eigenvalue weighted by molar-refractivity contribution is 4.99. The average molecular weight is 354 g/mol. The van der Waals surface area contributed by atoms with Crippen molar-refractivity contribution in [2.45, 2.75) is 74.8 Å². The monoisotopic (exact) mass is 354 g/mol. The second-order valence-electron chi connectivity index (χ2n) is 6.36. The first-order valence-electron chi connectivity index (χ1n) is 7.69. The van der Waals surface area contributed by atoms with Crippen LogP contribution in [0.4, 0.5) is 0 Å². The molecular weight excluding hydrogens is 328 g/mol. The van der Waals surface area contributed by atoms with Crippen molar-refractivity contribution in [1.82, 2.24) is 0 Å². The number of aliphatic hydroxyl groups excluding tert-OH is 5. The fourth-order valence-electron chi connectivity index (χ4n) is 2.95. The van der Waals surface area contributed by atoms with E-state index in [2.05, 4.69) is 0 Å². The van der Waals surface area contributed by atoms with Gasteiger partial charge in [-0.05, 0) is 13.8 Å². The van der Waals surface area contributed by atoms with E-state index in [1.54, 1.807) is 6.92 Å². The molecule has 10 atom stereocenters. The molecule has 2 aliphatic rings. The zero-order chi connectivity index (χ0) is 18.2. The maximum absolute atomic E-state index is 10.2. The lowest BCUT2D eigenvalue weighted by Gasteiger charge is -2.48. The molecule has 6 N–H and O–H groups in total. The highest BCUT2D eigenvalue weighted by Crippen LogP contribution is 2.33. The van der Waals surface area contributed by atoms with E-state index in [0.717, 1.165) is 0 Å². The predicted octanol–water partition coefficient (Wildman–Crippen LogP) is -3.33. The van der Waals surface area contributed by atoms with Gasteiger partial charge in [-0.1, -0.05) is 0 Å². The van der Waals surface area contributed by atoms with Crippen LogP contribution in [0.5, 0.6) is 0 Å². The molecule has 0 aromatic rings. The van der Waals surface area contributed by atoms with E-state index in [4.69, 9.17) is 18.9 Å². The molecule has 2 heterocycles. The lowest BCUT2D eigenvalue weighted by atomic mass is 9.86. The first-order valence-corrected chi connectivity index (χ1v) is 7.69. The van der Waals surface area contributed by atoms with Crippen LogP contribution in [0.1, 0.15) is 13.8 Å². The molecule has 2 aliphatic heterocycles. The molecular formula is C14H26O10. The number of ether oxygens (including phenoxy) is 4. The van der Waals surface area contributed by atoms with Crippen LogP contribution in [0.2, 0.25) is 0 Å². The van der Waals surface area contributed by atoms with Crippen LogP contribution >= 0.6 is 0 Å². The Bertz CT molecular complexity index is 414. The van der Waals surface area contributed by atoms with Crippen LogP contribution in [0.15, 0.2) is 0 Å². The van der Waals surface area contributed by atoms with Gasteiger partial charge in [0.25, 0.3) is 0 Å². The summed E-state index contributed by atoms with van der Waals surface area (Å²) in [4.78, 5) is 0. The summed E-state index contributed by atoms with van der Waals surface area (Å²) in [6, 6.07) is 0. The van der Waals surface area contributed by atoms with Gasteiger partial charge in [0.15, 0.2) is 12.6 Å². The maximum atomic E-state index is 10.2. The lowest BCUT2D eigenvalue weighted by molar-refractivity contribution is -0.366. The molecule has 6 unspecified atom stereocenters. The largest absolute Gasteiger partial charge is 0.394 e. The van der Waals surface area contributed by atoms with Crippen molar-refractivity contribution in [2.24, 2.45) is 0 Å². The third-order valence-electron chi connectivity index (χ3n) is 4.62. The molecule has 0 spiro atoms. The van der Waals surface area contributed by atoms with Crippen LogP contribution in [-0.2, 0) is 18.9 Å². The second kappa shape index (κ2) is 7.46. The summed E-state index contributed by atoms with van der Waals surface area (Å²) in [7, 11) is 1.31.